The number of para-hydroxylation sites is 1. The summed E-state index contributed by atoms with van der Waals surface area (Å²) < 4.78 is 27.7. The molecule has 0 unspecified atom stereocenters. The van der Waals surface area contributed by atoms with Crippen molar-refractivity contribution in [2.75, 3.05) is 4.72 Å². The zero-order chi connectivity index (χ0) is 14.9. The van der Waals surface area contributed by atoms with E-state index in [4.69, 9.17) is 0 Å². The van der Waals surface area contributed by atoms with Crippen LogP contribution < -0.4 is 4.72 Å². The normalized spacial score (nSPS) is 11.5. The van der Waals surface area contributed by atoms with Gasteiger partial charge in [0, 0.05) is 6.20 Å². The van der Waals surface area contributed by atoms with Crippen LogP contribution in [0.3, 0.4) is 0 Å². The van der Waals surface area contributed by atoms with Crippen LogP contribution in [-0.2, 0) is 10.0 Å². The van der Waals surface area contributed by atoms with Crippen molar-refractivity contribution in [2.45, 2.75) is 11.1 Å². The predicted octanol–water partition coefficient (Wildman–Crippen LogP) is 3.25. The van der Waals surface area contributed by atoms with Crippen molar-refractivity contribution < 1.29 is 8.42 Å². The number of aryl methyl sites for hydroxylation is 1. The molecule has 1 aromatic carbocycles. The summed E-state index contributed by atoms with van der Waals surface area (Å²) in [5.74, 6) is 0. The first-order chi connectivity index (χ1) is 10.1. The van der Waals surface area contributed by atoms with E-state index >= 15 is 0 Å². The zero-order valence-electron chi connectivity index (χ0n) is 11.2. The lowest BCUT2D eigenvalue weighted by atomic mass is 10.2. The van der Waals surface area contributed by atoms with Gasteiger partial charge in [-0.05, 0) is 36.8 Å². The number of aromatic amines is 1. The largest absolute Gasteiger partial charge is 0.279 e. The summed E-state index contributed by atoms with van der Waals surface area (Å²) >= 11 is 1.20. The van der Waals surface area contributed by atoms with E-state index < -0.39 is 10.0 Å². The number of H-pyrrole nitrogens is 1. The number of hydrogen-bond acceptors (Lipinski definition) is 4. The molecule has 3 rings (SSSR count). The monoisotopic (exact) mass is 319 g/mol. The van der Waals surface area contributed by atoms with Crippen LogP contribution in [-0.4, -0.2) is 18.6 Å². The summed E-state index contributed by atoms with van der Waals surface area (Å²) in [5.41, 5.74) is 2.28. The molecule has 2 aromatic heterocycles. The van der Waals surface area contributed by atoms with Gasteiger partial charge in [0.05, 0.1) is 16.3 Å². The zero-order valence-corrected chi connectivity index (χ0v) is 12.8. The topological polar surface area (TPSA) is 74.8 Å². The second-order valence-electron chi connectivity index (χ2n) is 4.51. The van der Waals surface area contributed by atoms with Gasteiger partial charge in [0.25, 0.3) is 10.0 Å². The molecule has 0 saturated carbocycles. The SMILES string of the molecule is Cc1ccccc1NS(=O)(=O)c1ccc(-c2ccn[nH]2)s1. The molecule has 2 heterocycles. The van der Waals surface area contributed by atoms with Gasteiger partial charge < -0.3 is 0 Å². The van der Waals surface area contributed by atoms with E-state index in [0.29, 0.717) is 5.69 Å². The molecule has 108 valence electrons. The van der Waals surface area contributed by atoms with Crippen molar-refractivity contribution in [1.82, 2.24) is 10.2 Å². The molecule has 0 fully saturated rings. The van der Waals surface area contributed by atoms with Gasteiger partial charge >= 0.3 is 0 Å². The molecule has 0 atom stereocenters. The Balaban J connectivity index is 1.91. The average Bonchev–Trinajstić information content (AvgIpc) is 3.11. The number of nitrogens with one attached hydrogen (secondary N) is 2. The highest BCUT2D eigenvalue weighted by Crippen LogP contribution is 2.30. The van der Waals surface area contributed by atoms with Gasteiger partial charge in [-0.25, -0.2) is 8.42 Å². The molecular formula is C14H13N3O2S2. The fourth-order valence-corrected chi connectivity index (χ4v) is 4.30. The first-order valence-electron chi connectivity index (χ1n) is 6.24. The molecule has 0 amide bonds. The van der Waals surface area contributed by atoms with Crippen LogP contribution >= 0.6 is 11.3 Å². The molecule has 0 bridgehead atoms. The summed E-state index contributed by atoms with van der Waals surface area (Å²) in [6.45, 7) is 1.86. The van der Waals surface area contributed by atoms with Crippen molar-refractivity contribution in [3.05, 3.63) is 54.2 Å². The van der Waals surface area contributed by atoms with Gasteiger partial charge in [0.1, 0.15) is 4.21 Å². The first-order valence-corrected chi connectivity index (χ1v) is 8.54. The standard InChI is InChI=1S/C14H13N3O2S2/c1-10-4-2-3-5-11(10)17-21(18,19)14-7-6-13(20-14)12-8-9-15-16-12/h2-9,17H,1H3,(H,15,16). The maximum absolute atomic E-state index is 12.4. The highest BCUT2D eigenvalue weighted by Gasteiger charge is 2.18. The number of anilines is 1. The Bertz CT molecular complexity index is 852. The van der Waals surface area contributed by atoms with Gasteiger partial charge in [0.2, 0.25) is 0 Å². The minimum atomic E-state index is -3.57. The summed E-state index contributed by atoms with van der Waals surface area (Å²) in [6.07, 6.45) is 1.63. The Kier molecular flexibility index (Phi) is 3.52. The Morgan fingerprint density at radius 1 is 1.14 bits per heavy atom. The quantitative estimate of drug-likeness (QED) is 0.775. The maximum atomic E-state index is 12.4. The van der Waals surface area contributed by atoms with Gasteiger partial charge in [0.15, 0.2) is 0 Å². The predicted molar refractivity (Wildman–Crippen MR) is 83.9 cm³/mol. The highest BCUT2D eigenvalue weighted by atomic mass is 32.2. The lowest BCUT2D eigenvalue weighted by Crippen LogP contribution is -2.12. The third-order valence-electron chi connectivity index (χ3n) is 3.00. The maximum Gasteiger partial charge on any atom is 0.271 e. The first kappa shape index (κ1) is 13.8. The average molecular weight is 319 g/mol. The van der Waals surface area contributed by atoms with Crippen LogP contribution in [0.5, 0.6) is 0 Å². The summed E-state index contributed by atoms with van der Waals surface area (Å²) in [4.78, 5) is 0.831. The number of hydrogen-bond donors (Lipinski definition) is 2. The minimum absolute atomic E-state index is 0.273. The van der Waals surface area contributed by atoms with Crippen molar-refractivity contribution in [3.8, 4) is 10.6 Å². The number of aromatic nitrogens is 2. The second kappa shape index (κ2) is 5.34. The van der Waals surface area contributed by atoms with Gasteiger partial charge in [-0.2, -0.15) is 5.10 Å². The third-order valence-corrected chi connectivity index (χ3v) is 5.98. The van der Waals surface area contributed by atoms with E-state index in [2.05, 4.69) is 14.9 Å². The lowest BCUT2D eigenvalue weighted by Gasteiger charge is -2.08. The smallest absolute Gasteiger partial charge is 0.271 e. The molecule has 7 heteroatoms. The van der Waals surface area contributed by atoms with Crippen molar-refractivity contribution in [3.63, 3.8) is 0 Å². The molecule has 21 heavy (non-hydrogen) atoms. The van der Waals surface area contributed by atoms with E-state index in [-0.39, 0.29) is 4.21 Å². The van der Waals surface area contributed by atoms with Gasteiger partial charge in [-0.1, -0.05) is 18.2 Å². The molecule has 0 aliphatic heterocycles. The van der Waals surface area contributed by atoms with E-state index in [1.54, 1.807) is 36.5 Å². The number of sulfonamides is 1. The van der Waals surface area contributed by atoms with E-state index in [1.165, 1.54) is 11.3 Å². The molecule has 0 saturated heterocycles. The molecule has 0 aliphatic rings. The van der Waals surface area contributed by atoms with Gasteiger partial charge in [-0.15, -0.1) is 11.3 Å². The van der Waals surface area contributed by atoms with Crippen LogP contribution in [0.25, 0.3) is 10.6 Å². The Labute approximate surface area is 126 Å². The number of thiophene rings is 1. The van der Waals surface area contributed by atoms with Crippen molar-refractivity contribution >= 4 is 27.0 Å². The van der Waals surface area contributed by atoms with Crippen LogP contribution in [0.1, 0.15) is 5.56 Å². The fourth-order valence-electron chi connectivity index (χ4n) is 1.88. The summed E-state index contributed by atoms with van der Waals surface area (Å²) in [6, 6.07) is 12.4. The van der Waals surface area contributed by atoms with Gasteiger partial charge in [-0.3, -0.25) is 9.82 Å². The summed E-state index contributed by atoms with van der Waals surface area (Å²) in [7, 11) is -3.57. The van der Waals surface area contributed by atoms with Crippen LogP contribution in [0.15, 0.2) is 52.9 Å². The van der Waals surface area contributed by atoms with Crippen LogP contribution in [0.4, 0.5) is 5.69 Å². The molecule has 2 N–H and O–H groups in total. The molecule has 0 aliphatic carbocycles. The minimum Gasteiger partial charge on any atom is -0.279 e. The molecule has 0 radical (unpaired) electrons. The van der Waals surface area contributed by atoms with Crippen LogP contribution in [0, 0.1) is 6.92 Å². The second-order valence-corrected chi connectivity index (χ2v) is 7.50. The molecule has 5 nitrogen and oxygen atoms in total. The van der Waals surface area contributed by atoms with Crippen LogP contribution in [0.2, 0.25) is 0 Å². The molecular weight excluding hydrogens is 306 g/mol. The molecule has 3 aromatic rings. The Hall–Kier alpha value is -2.12. The number of nitrogens with zero attached hydrogens (tertiary/aromatic N) is 1. The lowest BCUT2D eigenvalue weighted by molar-refractivity contribution is 0.603. The summed E-state index contributed by atoms with van der Waals surface area (Å²) in [5, 5.41) is 6.69. The Morgan fingerprint density at radius 2 is 1.95 bits per heavy atom. The number of benzene rings is 1. The van der Waals surface area contributed by atoms with E-state index in [9.17, 15) is 8.42 Å². The van der Waals surface area contributed by atoms with E-state index in [1.807, 2.05) is 19.1 Å². The fraction of sp³-hybridized carbons (Fsp3) is 0.0714. The number of rotatable bonds is 4. The molecule has 0 spiro atoms. The Morgan fingerprint density at radius 3 is 2.67 bits per heavy atom. The highest BCUT2D eigenvalue weighted by molar-refractivity contribution is 7.94. The van der Waals surface area contributed by atoms with Crippen molar-refractivity contribution in [1.29, 1.82) is 0 Å². The van der Waals surface area contributed by atoms with E-state index in [0.717, 1.165) is 16.1 Å². The van der Waals surface area contributed by atoms with Crippen molar-refractivity contribution in [2.24, 2.45) is 0 Å². The third kappa shape index (κ3) is 2.84.